The molecule has 2 fully saturated rings. The third-order valence-electron chi connectivity index (χ3n) is 7.85. The molecular weight excluding hydrogens is 552 g/mol. The van der Waals surface area contributed by atoms with Gasteiger partial charge in [-0.25, -0.2) is 8.42 Å². The summed E-state index contributed by atoms with van der Waals surface area (Å²) in [5, 5.41) is 9.43. The summed E-state index contributed by atoms with van der Waals surface area (Å²) in [6.07, 6.45) is 6.13. The highest BCUT2D eigenvalue weighted by Gasteiger charge is 2.34. The van der Waals surface area contributed by atoms with Crippen molar-refractivity contribution in [2.45, 2.75) is 68.3 Å². The second kappa shape index (κ2) is 14.1. The second-order valence-corrected chi connectivity index (χ2v) is 12.3. The first-order valence-electron chi connectivity index (χ1n) is 13.8. The lowest BCUT2D eigenvalue weighted by molar-refractivity contribution is -0.139. The fourth-order valence-electron chi connectivity index (χ4n) is 5.47. The van der Waals surface area contributed by atoms with Crippen LogP contribution in [0.5, 0.6) is 0 Å². The van der Waals surface area contributed by atoms with Crippen LogP contribution >= 0.6 is 12.4 Å². The zero-order valence-corrected chi connectivity index (χ0v) is 24.7. The molecule has 10 nitrogen and oxygen atoms in total. The standard InChI is InChI=1S/C28H40N6O4S.ClH/c1-32(23-12-9-17-34(20-23)28(29)30)26(35)19-25(27(36)33-15-7-3-2-4-8-16-33)31-39(37,38)24-14-13-21-10-5-6-11-22(21)18-24;/h5-6,10-11,13-14,18,23,25,31H,2-4,7-9,12,15-17,19-20H2,1H3,(H3,29,30);1H. The molecule has 4 rings (SSSR count). The summed E-state index contributed by atoms with van der Waals surface area (Å²) in [5.41, 5.74) is 5.67. The van der Waals surface area contributed by atoms with Crippen molar-refractivity contribution in [3.8, 4) is 0 Å². The molecule has 2 atom stereocenters. The van der Waals surface area contributed by atoms with Crippen LogP contribution in [0.1, 0.15) is 51.4 Å². The number of nitrogens with two attached hydrogens (primary N) is 1. The Morgan fingerprint density at radius 1 is 1.00 bits per heavy atom. The number of benzene rings is 2. The van der Waals surface area contributed by atoms with Crippen molar-refractivity contribution in [1.29, 1.82) is 5.41 Å². The number of fused-ring (bicyclic) bond motifs is 1. The Bertz CT molecular complexity index is 1300. The first kappa shape index (κ1) is 31.6. The molecule has 220 valence electrons. The lowest BCUT2D eigenvalue weighted by Crippen LogP contribution is -2.54. The van der Waals surface area contributed by atoms with Crippen LogP contribution in [0.2, 0.25) is 0 Å². The minimum atomic E-state index is -4.09. The smallest absolute Gasteiger partial charge is 0.241 e. The van der Waals surface area contributed by atoms with E-state index in [0.717, 1.165) is 55.7 Å². The number of guanidine groups is 1. The van der Waals surface area contributed by atoms with Crippen LogP contribution in [0.4, 0.5) is 0 Å². The number of hydrogen-bond acceptors (Lipinski definition) is 5. The Kier molecular flexibility index (Phi) is 11.2. The van der Waals surface area contributed by atoms with Gasteiger partial charge in [-0.1, -0.05) is 49.6 Å². The van der Waals surface area contributed by atoms with Crippen LogP contribution in [0.3, 0.4) is 0 Å². The van der Waals surface area contributed by atoms with Crippen molar-refractivity contribution in [2.75, 3.05) is 33.2 Å². The monoisotopic (exact) mass is 592 g/mol. The molecule has 2 aromatic rings. The number of nitrogens with one attached hydrogen (secondary N) is 2. The molecule has 0 saturated carbocycles. The third-order valence-corrected chi connectivity index (χ3v) is 9.32. The van der Waals surface area contributed by atoms with Crippen LogP contribution in [0.15, 0.2) is 47.4 Å². The molecule has 0 bridgehead atoms. The van der Waals surface area contributed by atoms with Crippen molar-refractivity contribution in [1.82, 2.24) is 19.4 Å². The van der Waals surface area contributed by atoms with Gasteiger partial charge in [-0.3, -0.25) is 15.0 Å². The van der Waals surface area contributed by atoms with Crippen LogP contribution < -0.4 is 10.5 Å². The summed E-state index contributed by atoms with van der Waals surface area (Å²) < 4.78 is 29.6. The van der Waals surface area contributed by atoms with Crippen LogP contribution in [-0.2, 0) is 19.6 Å². The number of amides is 2. The zero-order valence-electron chi connectivity index (χ0n) is 23.0. The Morgan fingerprint density at radius 2 is 1.62 bits per heavy atom. The summed E-state index contributed by atoms with van der Waals surface area (Å²) in [7, 11) is -2.42. The van der Waals surface area contributed by atoms with Crippen molar-refractivity contribution >= 4 is 51.0 Å². The molecule has 4 N–H and O–H groups in total. The predicted molar refractivity (Wildman–Crippen MR) is 159 cm³/mol. The van der Waals surface area contributed by atoms with Gasteiger partial charge >= 0.3 is 0 Å². The second-order valence-electron chi connectivity index (χ2n) is 10.6. The molecule has 2 aromatic carbocycles. The summed E-state index contributed by atoms with van der Waals surface area (Å²) >= 11 is 0. The number of sulfonamides is 1. The molecule has 0 spiro atoms. The average Bonchev–Trinajstić information content (AvgIpc) is 2.91. The molecule has 2 aliphatic heterocycles. The van der Waals surface area contributed by atoms with Crippen LogP contribution in [-0.4, -0.2) is 86.2 Å². The van der Waals surface area contributed by atoms with E-state index in [1.165, 1.54) is 6.07 Å². The van der Waals surface area contributed by atoms with E-state index < -0.39 is 16.1 Å². The van der Waals surface area contributed by atoms with E-state index in [2.05, 4.69) is 4.72 Å². The largest absolute Gasteiger partial charge is 0.370 e. The maximum absolute atomic E-state index is 13.7. The fourth-order valence-corrected chi connectivity index (χ4v) is 6.69. The number of likely N-dealkylation sites (N-methyl/N-ethyl adjacent to an activating group) is 1. The molecule has 12 heteroatoms. The van der Waals surface area contributed by atoms with Gasteiger partial charge in [-0.15, -0.1) is 12.4 Å². The number of nitrogens with zero attached hydrogens (tertiary/aromatic N) is 3. The van der Waals surface area contributed by atoms with Gasteiger partial charge in [-0.2, -0.15) is 4.72 Å². The number of halogens is 1. The molecule has 2 amide bonds. The van der Waals surface area contributed by atoms with E-state index in [4.69, 9.17) is 11.1 Å². The van der Waals surface area contributed by atoms with E-state index in [-0.39, 0.29) is 47.5 Å². The van der Waals surface area contributed by atoms with Gasteiger partial charge in [0.25, 0.3) is 0 Å². The highest BCUT2D eigenvalue weighted by Crippen LogP contribution is 2.21. The molecule has 2 saturated heterocycles. The van der Waals surface area contributed by atoms with Gasteiger partial charge in [0.2, 0.25) is 21.8 Å². The number of hydrogen-bond donors (Lipinski definition) is 3. The maximum Gasteiger partial charge on any atom is 0.241 e. The van der Waals surface area contributed by atoms with Gasteiger partial charge in [0.15, 0.2) is 5.96 Å². The molecule has 0 radical (unpaired) electrons. The van der Waals surface area contributed by atoms with Crippen LogP contribution in [0.25, 0.3) is 10.8 Å². The number of carbonyl (C=O) groups excluding carboxylic acids is 2. The van der Waals surface area contributed by atoms with Crippen molar-refractivity contribution in [3.63, 3.8) is 0 Å². The fraction of sp³-hybridized carbons (Fsp3) is 0.536. The SMILES string of the molecule is CN(C(=O)CC(NS(=O)(=O)c1ccc2ccccc2c1)C(=O)N1CCCCCCC1)C1CCCN(C(=N)N)C1.Cl. The van der Waals surface area contributed by atoms with Crippen molar-refractivity contribution < 1.29 is 18.0 Å². The highest BCUT2D eigenvalue weighted by molar-refractivity contribution is 7.89. The van der Waals surface area contributed by atoms with E-state index in [1.807, 2.05) is 24.3 Å². The lowest BCUT2D eigenvalue weighted by Gasteiger charge is -2.38. The Labute approximate surface area is 243 Å². The summed E-state index contributed by atoms with van der Waals surface area (Å²) in [6, 6.07) is 10.9. The molecule has 0 aliphatic carbocycles. The van der Waals surface area contributed by atoms with Gasteiger partial charge in [0.1, 0.15) is 6.04 Å². The molecular formula is C28H41ClN6O4S. The number of likely N-dealkylation sites (tertiary alicyclic amines) is 2. The van der Waals surface area contributed by atoms with Gasteiger partial charge in [0, 0.05) is 39.3 Å². The third kappa shape index (κ3) is 7.86. The molecule has 2 unspecified atom stereocenters. The molecule has 40 heavy (non-hydrogen) atoms. The molecule has 0 aromatic heterocycles. The summed E-state index contributed by atoms with van der Waals surface area (Å²) in [6.45, 7) is 2.20. The maximum atomic E-state index is 13.7. The van der Waals surface area contributed by atoms with Gasteiger partial charge in [0.05, 0.1) is 11.3 Å². The van der Waals surface area contributed by atoms with Gasteiger partial charge in [-0.05, 0) is 48.6 Å². The quantitative estimate of drug-likeness (QED) is 0.334. The van der Waals surface area contributed by atoms with Crippen molar-refractivity contribution in [2.24, 2.45) is 5.73 Å². The highest BCUT2D eigenvalue weighted by atomic mass is 35.5. The van der Waals surface area contributed by atoms with E-state index in [1.54, 1.807) is 33.9 Å². The van der Waals surface area contributed by atoms with E-state index >= 15 is 0 Å². The predicted octanol–water partition coefficient (Wildman–Crippen LogP) is 2.91. The normalized spacial score (nSPS) is 19.2. The lowest BCUT2D eigenvalue weighted by atomic mass is 10.0. The first-order valence-corrected chi connectivity index (χ1v) is 15.3. The van der Waals surface area contributed by atoms with E-state index in [0.29, 0.717) is 26.2 Å². The molecule has 2 heterocycles. The minimum absolute atomic E-state index is 0. The zero-order chi connectivity index (χ0) is 28.0. The summed E-state index contributed by atoms with van der Waals surface area (Å²) in [4.78, 5) is 32.3. The number of carbonyl (C=O) groups is 2. The Balaban J connectivity index is 0.00000441. The summed E-state index contributed by atoms with van der Waals surface area (Å²) in [5.74, 6) is -0.720. The average molecular weight is 593 g/mol. The first-order chi connectivity index (χ1) is 18.7. The van der Waals surface area contributed by atoms with E-state index in [9.17, 15) is 18.0 Å². The molecule has 2 aliphatic rings. The Hall–Kier alpha value is -2.89. The van der Waals surface area contributed by atoms with Crippen molar-refractivity contribution in [3.05, 3.63) is 42.5 Å². The topological polar surface area (TPSA) is 140 Å². The number of piperidine rings is 1. The Morgan fingerprint density at radius 3 is 2.30 bits per heavy atom. The van der Waals surface area contributed by atoms with Crippen LogP contribution in [0, 0.1) is 5.41 Å². The number of rotatable bonds is 7. The van der Waals surface area contributed by atoms with Gasteiger partial charge < -0.3 is 20.4 Å². The minimum Gasteiger partial charge on any atom is -0.370 e.